The fourth-order valence-corrected chi connectivity index (χ4v) is 4.14. The van der Waals surface area contributed by atoms with E-state index in [2.05, 4.69) is 31.0 Å². The summed E-state index contributed by atoms with van der Waals surface area (Å²) >= 11 is 0. The Hall–Kier alpha value is -0.120. The summed E-state index contributed by atoms with van der Waals surface area (Å²) in [6, 6.07) is 0.698. The Bertz CT molecular complexity index is 297. The van der Waals surface area contributed by atoms with E-state index in [4.69, 9.17) is 0 Å². The summed E-state index contributed by atoms with van der Waals surface area (Å²) in [5.74, 6) is 2.17. The lowest BCUT2D eigenvalue weighted by atomic mass is 9.76. The standard InChI is InChI=1S/C18H36N2O/c1-4-9-19-17-7-6-15(5-2)11-16(17)12-20-10-8-14(3)18(21)13-20/h14-19,21H,4-13H2,1-3H3. The molecular weight excluding hydrogens is 260 g/mol. The van der Waals surface area contributed by atoms with Gasteiger partial charge in [-0.25, -0.2) is 0 Å². The van der Waals surface area contributed by atoms with E-state index >= 15 is 0 Å². The fourth-order valence-electron chi connectivity index (χ4n) is 4.14. The van der Waals surface area contributed by atoms with Crippen molar-refractivity contribution in [2.24, 2.45) is 17.8 Å². The van der Waals surface area contributed by atoms with Gasteiger partial charge in [0.05, 0.1) is 6.10 Å². The number of nitrogens with one attached hydrogen (secondary N) is 1. The van der Waals surface area contributed by atoms with Crippen LogP contribution in [0.1, 0.15) is 59.3 Å². The molecule has 1 aliphatic carbocycles. The molecule has 3 heteroatoms. The number of aliphatic hydroxyl groups excluding tert-OH is 1. The summed E-state index contributed by atoms with van der Waals surface area (Å²) in [6.07, 6.45) is 7.70. The molecule has 1 saturated carbocycles. The average Bonchev–Trinajstić information content (AvgIpc) is 2.49. The zero-order valence-corrected chi connectivity index (χ0v) is 14.4. The molecule has 0 amide bonds. The number of hydrogen-bond acceptors (Lipinski definition) is 3. The maximum atomic E-state index is 10.1. The van der Waals surface area contributed by atoms with Gasteiger partial charge in [-0.2, -0.15) is 0 Å². The van der Waals surface area contributed by atoms with Crippen LogP contribution in [-0.4, -0.2) is 48.3 Å². The Morgan fingerprint density at radius 2 is 2.00 bits per heavy atom. The summed E-state index contributed by atoms with van der Waals surface area (Å²) in [5, 5.41) is 13.9. The fraction of sp³-hybridized carbons (Fsp3) is 1.00. The quantitative estimate of drug-likeness (QED) is 0.791. The first-order chi connectivity index (χ1) is 10.1. The maximum absolute atomic E-state index is 10.1. The van der Waals surface area contributed by atoms with E-state index in [9.17, 15) is 5.11 Å². The van der Waals surface area contributed by atoms with E-state index in [0.29, 0.717) is 12.0 Å². The van der Waals surface area contributed by atoms with Crippen LogP contribution >= 0.6 is 0 Å². The molecule has 0 radical (unpaired) electrons. The second kappa shape index (κ2) is 8.50. The van der Waals surface area contributed by atoms with Gasteiger partial charge in [0.15, 0.2) is 0 Å². The van der Waals surface area contributed by atoms with Crippen LogP contribution in [0.2, 0.25) is 0 Å². The van der Waals surface area contributed by atoms with Crippen molar-refractivity contribution in [2.75, 3.05) is 26.2 Å². The van der Waals surface area contributed by atoms with Gasteiger partial charge in [-0.3, -0.25) is 0 Å². The van der Waals surface area contributed by atoms with Crippen LogP contribution in [0.5, 0.6) is 0 Å². The number of nitrogens with zero attached hydrogens (tertiary/aromatic N) is 1. The Morgan fingerprint density at radius 1 is 1.19 bits per heavy atom. The number of β-amino-alcohol motifs (C(OH)–C–C–N with tert-alkyl or cyclic N) is 1. The molecular formula is C18H36N2O. The van der Waals surface area contributed by atoms with E-state index < -0.39 is 0 Å². The Kier molecular flexibility index (Phi) is 6.97. The molecule has 2 fully saturated rings. The number of rotatable bonds is 6. The minimum atomic E-state index is -0.119. The van der Waals surface area contributed by atoms with Crippen LogP contribution in [-0.2, 0) is 0 Å². The third-order valence-electron chi connectivity index (χ3n) is 5.82. The summed E-state index contributed by atoms with van der Waals surface area (Å²) < 4.78 is 0. The number of likely N-dealkylation sites (tertiary alicyclic amines) is 1. The maximum Gasteiger partial charge on any atom is 0.0693 e. The summed E-state index contributed by atoms with van der Waals surface area (Å²) in [4.78, 5) is 2.52. The molecule has 2 N–H and O–H groups in total. The molecule has 2 rings (SSSR count). The number of hydrogen-bond donors (Lipinski definition) is 2. The highest BCUT2D eigenvalue weighted by atomic mass is 16.3. The smallest absolute Gasteiger partial charge is 0.0693 e. The van der Waals surface area contributed by atoms with Gasteiger partial charge in [0.1, 0.15) is 0 Å². The minimum Gasteiger partial charge on any atom is -0.392 e. The molecule has 0 spiro atoms. The lowest BCUT2D eigenvalue weighted by Crippen LogP contribution is -2.50. The third kappa shape index (κ3) is 4.94. The molecule has 21 heavy (non-hydrogen) atoms. The number of piperidine rings is 1. The van der Waals surface area contributed by atoms with Gasteiger partial charge < -0.3 is 15.3 Å². The van der Waals surface area contributed by atoms with Crippen LogP contribution in [0.3, 0.4) is 0 Å². The van der Waals surface area contributed by atoms with Crippen molar-refractivity contribution >= 4 is 0 Å². The molecule has 1 saturated heterocycles. The Balaban J connectivity index is 1.89. The zero-order chi connectivity index (χ0) is 15.2. The van der Waals surface area contributed by atoms with E-state index in [0.717, 1.165) is 31.3 Å². The second-order valence-electron chi connectivity index (χ2n) is 7.50. The molecule has 0 aromatic heterocycles. The first-order valence-electron chi connectivity index (χ1n) is 9.27. The highest BCUT2D eigenvalue weighted by molar-refractivity contribution is 4.88. The van der Waals surface area contributed by atoms with E-state index in [1.807, 2.05) is 0 Å². The van der Waals surface area contributed by atoms with Gasteiger partial charge in [-0.1, -0.05) is 27.2 Å². The predicted molar refractivity (Wildman–Crippen MR) is 89.4 cm³/mol. The summed E-state index contributed by atoms with van der Waals surface area (Å²) in [6.45, 7) is 11.2. The largest absolute Gasteiger partial charge is 0.392 e. The van der Waals surface area contributed by atoms with Crippen molar-refractivity contribution in [1.29, 1.82) is 0 Å². The van der Waals surface area contributed by atoms with Crippen LogP contribution < -0.4 is 5.32 Å². The topological polar surface area (TPSA) is 35.5 Å². The van der Waals surface area contributed by atoms with Gasteiger partial charge in [0.2, 0.25) is 0 Å². The molecule has 124 valence electrons. The van der Waals surface area contributed by atoms with Gasteiger partial charge >= 0.3 is 0 Å². The molecule has 1 heterocycles. The molecule has 2 aliphatic rings. The SMILES string of the molecule is CCCNC1CCC(CC)CC1CN1CCC(C)C(O)C1. The molecule has 0 bridgehead atoms. The first-order valence-corrected chi connectivity index (χ1v) is 9.27. The van der Waals surface area contributed by atoms with Crippen molar-refractivity contribution in [3.05, 3.63) is 0 Å². The molecule has 1 aliphatic heterocycles. The van der Waals surface area contributed by atoms with Crippen molar-refractivity contribution in [3.8, 4) is 0 Å². The van der Waals surface area contributed by atoms with E-state index in [-0.39, 0.29) is 6.10 Å². The third-order valence-corrected chi connectivity index (χ3v) is 5.82. The lowest BCUT2D eigenvalue weighted by molar-refractivity contribution is 0.0146. The Morgan fingerprint density at radius 3 is 2.67 bits per heavy atom. The normalized spacial score (nSPS) is 38.6. The molecule has 5 unspecified atom stereocenters. The Labute approximate surface area is 131 Å². The second-order valence-corrected chi connectivity index (χ2v) is 7.50. The monoisotopic (exact) mass is 296 g/mol. The van der Waals surface area contributed by atoms with Gasteiger partial charge in [0.25, 0.3) is 0 Å². The zero-order valence-electron chi connectivity index (χ0n) is 14.4. The van der Waals surface area contributed by atoms with Gasteiger partial charge in [-0.15, -0.1) is 0 Å². The molecule has 3 nitrogen and oxygen atoms in total. The van der Waals surface area contributed by atoms with Crippen molar-refractivity contribution < 1.29 is 5.11 Å². The van der Waals surface area contributed by atoms with Crippen LogP contribution in [0, 0.1) is 17.8 Å². The first kappa shape index (κ1) is 17.2. The van der Waals surface area contributed by atoms with E-state index in [1.54, 1.807) is 0 Å². The average molecular weight is 296 g/mol. The minimum absolute atomic E-state index is 0.119. The van der Waals surface area contributed by atoms with Crippen molar-refractivity contribution in [1.82, 2.24) is 10.2 Å². The molecule has 5 atom stereocenters. The van der Waals surface area contributed by atoms with Crippen molar-refractivity contribution in [2.45, 2.75) is 71.4 Å². The van der Waals surface area contributed by atoms with Crippen LogP contribution in [0.4, 0.5) is 0 Å². The molecule has 0 aromatic rings. The summed E-state index contributed by atoms with van der Waals surface area (Å²) in [7, 11) is 0. The van der Waals surface area contributed by atoms with Crippen LogP contribution in [0.15, 0.2) is 0 Å². The lowest BCUT2D eigenvalue weighted by Gasteiger charge is -2.42. The predicted octanol–water partition coefficient (Wildman–Crippen LogP) is 2.88. The van der Waals surface area contributed by atoms with E-state index in [1.165, 1.54) is 45.2 Å². The van der Waals surface area contributed by atoms with Gasteiger partial charge in [-0.05, 0) is 62.9 Å². The highest BCUT2D eigenvalue weighted by Crippen LogP contribution is 2.32. The highest BCUT2D eigenvalue weighted by Gasteiger charge is 2.32. The van der Waals surface area contributed by atoms with Crippen molar-refractivity contribution in [3.63, 3.8) is 0 Å². The molecule has 0 aromatic carbocycles. The summed E-state index contributed by atoms with van der Waals surface area (Å²) in [5.41, 5.74) is 0. The number of aliphatic hydroxyl groups is 1. The van der Waals surface area contributed by atoms with Crippen LogP contribution in [0.25, 0.3) is 0 Å². The van der Waals surface area contributed by atoms with Gasteiger partial charge in [0, 0.05) is 19.1 Å².